The van der Waals surface area contributed by atoms with Crippen molar-refractivity contribution in [3.63, 3.8) is 0 Å². The van der Waals surface area contributed by atoms with Gasteiger partial charge in [-0.1, -0.05) is 29.3 Å². The highest BCUT2D eigenvalue weighted by atomic mass is 35.5. The quantitative estimate of drug-likeness (QED) is 0.883. The molecule has 1 amide bonds. The van der Waals surface area contributed by atoms with Crippen LogP contribution in [0.25, 0.3) is 0 Å². The molecule has 1 atom stereocenters. The Bertz CT molecular complexity index is 522. The van der Waals surface area contributed by atoms with E-state index in [0.717, 1.165) is 0 Å². The zero-order valence-corrected chi connectivity index (χ0v) is 14.0. The summed E-state index contributed by atoms with van der Waals surface area (Å²) in [6.07, 6.45) is -0.771. The summed E-state index contributed by atoms with van der Waals surface area (Å²) in [5, 5.41) is 11.2. The third-order valence-electron chi connectivity index (χ3n) is 3.58. The standard InChI is InChI=1S/C15H20Cl2N2O3/c1-18(10-15(21)19-4-6-22-7-5-19)9-14(20)12-3-2-11(16)8-13(12)17/h2-3,8,14,20H,4-7,9-10H2,1H3. The van der Waals surface area contributed by atoms with E-state index in [2.05, 4.69) is 0 Å². The first-order chi connectivity index (χ1) is 10.5. The second-order valence-corrected chi connectivity index (χ2v) is 6.22. The average Bonchev–Trinajstić information content (AvgIpc) is 2.47. The molecule has 0 radical (unpaired) electrons. The molecule has 5 nitrogen and oxygen atoms in total. The number of morpholine rings is 1. The van der Waals surface area contributed by atoms with Crippen LogP contribution >= 0.6 is 23.2 Å². The van der Waals surface area contributed by atoms with Crippen molar-refractivity contribution in [3.05, 3.63) is 33.8 Å². The van der Waals surface area contributed by atoms with Gasteiger partial charge in [-0.3, -0.25) is 9.69 Å². The van der Waals surface area contributed by atoms with E-state index >= 15 is 0 Å². The highest BCUT2D eigenvalue weighted by Crippen LogP contribution is 2.26. The predicted octanol–water partition coefficient (Wildman–Crippen LogP) is 1.82. The molecule has 1 aliphatic rings. The van der Waals surface area contributed by atoms with Crippen molar-refractivity contribution in [2.75, 3.05) is 46.4 Å². The lowest BCUT2D eigenvalue weighted by Crippen LogP contribution is -2.45. The number of aliphatic hydroxyl groups excluding tert-OH is 1. The Labute approximate surface area is 140 Å². The smallest absolute Gasteiger partial charge is 0.236 e. The van der Waals surface area contributed by atoms with Crippen LogP contribution in [0.2, 0.25) is 10.0 Å². The van der Waals surface area contributed by atoms with Crippen LogP contribution < -0.4 is 0 Å². The van der Waals surface area contributed by atoms with Gasteiger partial charge in [0.1, 0.15) is 0 Å². The van der Waals surface area contributed by atoms with Gasteiger partial charge in [-0.25, -0.2) is 0 Å². The molecule has 0 bridgehead atoms. The molecule has 1 heterocycles. The van der Waals surface area contributed by atoms with E-state index in [4.69, 9.17) is 27.9 Å². The molecule has 1 fully saturated rings. The molecule has 0 aromatic heterocycles. The largest absolute Gasteiger partial charge is 0.387 e. The average molecular weight is 347 g/mol. The maximum atomic E-state index is 12.1. The first-order valence-electron chi connectivity index (χ1n) is 7.14. The third-order valence-corrected chi connectivity index (χ3v) is 4.14. The van der Waals surface area contributed by atoms with E-state index in [1.807, 2.05) is 0 Å². The van der Waals surface area contributed by atoms with Gasteiger partial charge in [0, 0.05) is 35.2 Å². The Morgan fingerprint density at radius 2 is 2.09 bits per heavy atom. The number of likely N-dealkylation sites (N-methyl/N-ethyl adjacent to an activating group) is 1. The zero-order valence-electron chi connectivity index (χ0n) is 12.5. The van der Waals surface area contributed by atoms with Crippen molar-refractivity contribution in [1.82, 2.24) is 9.80 Å². The Morgan fingerprint density at radius 1 is 1.41 bits per heavy atom. The number of benzene rings is 1. The van der Waals surface area contributed by atoms with Crippen LogP contribution in [0.15, 0.2) is 18.2 Å². The summed E-state index contributed by atoms with van der Waals surface area (Å²) in [6.45, 7) is 2.98. The summed E-state index contributed by atoms with van der Waals surface area (Å²) in [6, 6.07) is 4.98. The monoisotopic (exact) mass is 346 g/mol. The first-order valence-corrected chi connectivity index (χ1v) is 7.90. The Balaban J connectivity index is 1.87. The van der Waals surface area contributed by atoms with Gasteiger partial charge in [-0.05, 0) is 19.2 Å². The molecule has 2 rings (SSSR count). The number of halogens is 2. The van der Waals surface area contributed by atoms with Crippen molar-refractivity contribution in [2.24, 2.45) is 0 Å². The molecule has 1 aromatic carbocycles. The van der Waals surface area contributed by atoms with Crippen LogP contribution in [0.1, 0.15) is 11.7 Å². The fourth-order valence-electron chi connectivity index (χ4n) is 2.37. The maximum Gasteiger partial charge on any atom is 0.236 e. The molecule has 1 saturated heterocycles. The van der Waals surface area contributed by atoms with E-state index < -0.39 is 6.10 Å². The molecule has 22 heavy (non-hydrogen) atoms. The Kier molecular flexibility index (Phi) is 6.47. The van der Waals surface area contributed by atoms with Gasteiger partial charge in [-0.2, -0.15) is 0 Å². The van der Waals surface area contributed by atoms with E-state index in [1.54, 1.807) is 35.0 Å². The lowest BCUT2D eigenvalue weighted by molar-refractivity contribution is -0.136. The second kappa shape index (κ2) is 8.13. The molecular weight excluding hydrogens is 327 g/mol. The van der Waals surface area contributed by atoms with Crippen LogP contribution in [0, 0.1) is 0 Å². The van der Waals surface area contributed by atoms with Crippen molar-refractivity contribution in [1.29, 1.82) is 0 Å². The van der Waals surface area contributed by atoms with Gasteiger partial charge in [0.25, 0.3) is 0 Å². The fraction of sp³-hybridized carbons (Fsp3) is 0.533. The van der Waals surface area contributed by atoms with Crippen LogP contribution in [0.3, 0.4) is 0 Å². The van der Waals surface area contributed by atoms with E-state index in [0.29, 0.717) is 48.5 Å². The molecule has 1 unspecified atom stereocenters. The van der Waals surface area contributed by atoms with Gasteiger partial charge < -0.3 is 14.7 Å². The lowest BCUT2D eigenvalue weighted by Gasteiger charge is -2.29. The van der Waals surface area contributed by atoms with Crippen LogP contribution in [-0.4, -0.2) is 67.3 Å². The minimum Gasteiger partial charge on any atom is -0.387 e. The Morgan fingerprint density at radius 3 is 2.73 bits per heavy atom. The molecule has 1 aromatic rings. The normalized spacial score (nSPS) is 16.9. The van der Waals surface area contributed by atoms with Crippen molar-refractivity contribution in [2.45, 2.75) is 6.10 Å². The number of rotatable bonds is 5. The van der Waals surface area contributed by atoms with E-state index in [9.17, 15) is 9.90 Å². The first kappa shape index (κ1) is 17.5. The summed E-state index contributed by atoms with van der Waals surface area (Å²) in [4.78, 5) is 15.7. The van der Waals surface area contributed by atoms with E-state index in [1.165, 1.54) is 0 Å². The highest BCUT2D eigenvalue weighted by molar-refractivity contribution is 6.35. The number of hydrogen-bond acceptors (Lipinski definition) is 4. The molecule has 0 saturated carbocycles. The minimum atomic E-state index is -0.771. The number of hydrogen-bond donors (Lipinski definition) is 1. The third kappa shape index (κ3) is 4.83. The minimum absolute atomic E-state index is 0.0419. The van der Waals surface area contributed by atoms with Crippen LogP contribution in [0.5, 0.6) is 0 Å². The molecular formula is C15H20Cl2N2O3. The second-order valence-electron chi connectivity index (χ2n) is 5.37. The lowest BCUT2D eigenvalue weighted by atomic mass is 10.1. The molecule has 0 spiro atoms. The summed E-state index contributed by atoms with van der Waals surface area (Å²) in [5.74, 6) is 0.0419. The van der Waals surface area contributed by atoms with Gasteiger partial charge >= 0.3 is 0 Å². The maximum absolute atomic E-state index is 12.1. The zero-order chi connectivity index (χ0) is 16.1. The van der Waals surface area contributed by atoms with Crippen molar-refractivity contribution >= 4 is 29.1 Å². The number of carbonyl (C=O) groups excluding carboxylic acids is 1. The summed E-state index contributed by atoms with van der Waals surface area (Å²) >= 11 is 11.9. The molecule has 1 N–H and O–H groups in total. The molecule has 122 valence electrons. The van der Waals surface area contributed by atoms with Gasteiger partial charge in [0.15, 0.2) is 0 Å². The SMILES string of the molecule is CN(CC(=O)N1CCOCC1)CC(O)c1ccc(Cl)cc1Cl. The van der Waals surface area contributed by atoms with Crippen LogP contribution in [0.4, 0.5) is 0 Å². The Hall–Kier alpha value is -0.850. The summed E-state index contributed by atoms with van der Waals surface area (Å²) < 4.78 is 5.23. The summed E-state index contributed by atoms with van der Waals surface area (Å²) in [7, 11) is 1.80. The van der Waals surface area contributed by atoms with E-state index in [-0.39, 0.29) is 12.5 Å². The fourth-order valence-corrected chi connectivity index (χ4v) is 2.91. The number of aliphatic hydroxyl groups is 1. The van der Waals surface area contributed by atoms with Crippen LogP contribution in [-0.2, 0) is 9.53 Å². The topological polar surface area (TPSA) is 53.0 Å². The van der Waals surface area contributed by atoms with Gasteiger partial charge in [0.05, 0.1) is 25.9 Å². The highest BCUT2D eigenvalue weighted by Gasteiger charge is 2.20. The van der Waals surface area contributed by atoms with Gasteiger partial charge in [-0.15, -0.1) is 0 Å². The summed E-state index contributed by atoms with van der Waals surface area (Å²) in [5.41, 5.74) is 0.608. The van der Waals surface area contributed by atoms with Crippen molar-refractivity contribution in [3.8, 4) is 0 Å². The molecule has 1 aliphatic heterocycles. The predicted molar refractivity (Wildman–Crippen MR) is 86.3 cm³/mol. The van der Waals surface area contributed by atoms with Crippen molar-refractivity contribution < 1.29 is 14.6 Å². The number of carbonyl (C=O) groups is 1. The molecule has 7 heteroatoms. The molecule has 0 aliphatic carbocycles. The number of ether oxygens (including phenoxy) is 1. The number of amides is 1. The van der Waals surface area contributed by atoms with Gasteiger partial charge in [0.2, 0.25) is 5.91 Å². The number of nitrogens with zero attached hydrogens (tertiary/aromatic N) is 2.